The van der Waals surface area contributed by atoms with Gasteiger partial charge < -0.3 is 15.0 Å². The van der Waals surface area contributed by atoms with Crippen molar-refractivity contribution in [2.24, 2.45) is 0 Å². The first kappa shape index (κ1) is 15.7. The van der Waals surface area contributed by atoms with Crippen LogP contribution in [-0.4, -0.2) is 32.6 Å². The molecule has 1 unspecified atom stereocenters. The number of benzene rings is 1. The predicted octanol–water partition coefficient (Wildman–Crippen LogP) is 2.29. The van der Waals surface area contributed by atoms with Gasteiger partial charge in [0, 0.05) is 23.3 Å². The third-order valence-electron chi connectivity index (χ3n) is 3.81. The fraction of sp³-hybridized carbons (Fsp3) is 0.167. The van der Waals surface area contributed by atoms with Crippen LogP contribution in [0.2, 0.25) is 0 Å². The number of fused-ring (bicyclic) bond motifs is 1. The number of aliphatic carboxylic acids is 1. The van der Waals surface area contributed by atoms with E-state index in [1.165, 1.54) is 6.92 Å². The zero-order valence-corrected chi connectivity index (χ0v) is 13.1. The highest BCUT2D eigenvalue weighted by Crippen LogP contribution is 2.22. The van der Waals surface area contributed by atoms with Crippen LogP contribution < -0.4 is 5.32 Å². The molecule has 0 radical (unpaired) electrons. The van der Waals surface area contributed by atoms with Crippen molar-refractivity contribution in [2.45, 2.75) is 19.5 Å². The molecular formula is C18H17N3O3. The minimum atomic E-state index is -1.07. The van der Waals surface area contributed by atoms with Crippen LogP contribution in [0.4, 0.5) is 0 Å². The van der Waals surface area contributed by atoms with Gasteiger partial charge in [0.15, 0.2) is 0 Å². The summed E-state index contributed by atoms with van der Waals surface area (Å²) in [6.45, 7) is 1.97. The van der Waals surface area contributed by atoms with Gasteiger partial charge in [-0.05, 0) is 25.1 Å². The summed E-state index contributed by atoms with van der Waals surface area (Å²) in [7, 11) is 0. The third kappa shape index (κ3) is 3.12. The molecule has 6 nitrogen and oxygen atoms in total. The van der Waals surface area contributed by atoms with Crippen LogP contribution in [0.5, 0.6) is 0 Å². The predicted molar refractivity (Wildman–Crippen MR) is 89.8 cm³/mol. The van der Waals surface area contributed by atoms with Crippen LogP contribution in [0.1, 0.15) is 23.0 Å². The summed E-state index contributed by atoms with van der Waals surface area (Å²) in [6, 6.07) is 12.3. The Balaban J connectivity index is 1.97. The van der Waals surface area contributed by atoms with Gasteiger partial charge in [0.1, 0.15) is 6.04 Å². The number of carboxylic acid groups (broad SMARTS) is 1. The molecule has 1 atom stereocenters. The van der Waals surface area contributed by atoms with Crippen molar-refractivity contribution in [2.75, 3.05) is 0 Å². The molecule has 6 heteroatoms. The minimum absolute atomic E-state index is 0.402. The number of nitrogens with one attached hydrogen (secondary N) is 1. The highest BCUT2D eigenvalue weighted by molar-refractivity contribution is 6.07. The lowest BCUT2D eigenvalue weighted by Crippen LogP contribution is -2.38. The number of para-hydroxylation sites is 1. The van der Waals surface area contributed by atoms with Gasteiger partial charge in [-0.2, -0.15) is 0 Å². The average molecular weight is 323 g/mol. The van der Waals surface area contributed by atoms with Crippen LogP contribution in [-0.2, 0) is 11.3 Å². The molecule has 0 aliphatic heterocycles. The molecule has 0 saturated carbocycles. The molecule has 1 amide bonds. The molecule has 0 bridgehead atoms. The number of carbonyl (C=O) groups is 2. The van der Waals surface area contributed by atoms with Gasteiger partial charge in [0.2, 0.25) is 0 Å². The van der Waals surface area contributed by atoms with E-state index in [-0.39, 0.29) is 0 Å². The van der Waals surface area contributed by atoms with Crippen molar-refractivity contribution in [1.82, 2.24) is 14.9 Å². The lowest BCUT2D eigenvalue weighted by Gasteiger charge is -2.08. The summed E-state index contributed by atoms with van der Waals surface area (Å²) >= 11 is 0. The van der Waals surface area contributed by atoms with Crippen LogP contribution in [0.15, 0.2) is 54.9 Å². The number of hydrogen-bond donors (Lipinski definition) is 2. The first-order valence-electron chi connectivity index (χ1n) is 7.57. The summed E-state index contributed by atoms with van der Waals surface area (Å²) in [5, 5.41) is 12.2. The van der Waals surface area contributed by atoms with Gasteiger partial charge >= 0.3 is 5.97 Å². The van der Waals surface area contributed by atoms with E-state index in [1.807, 2.05) is 47.0 Å². The zero-order chi connectivity index (χ0) is 17.1. The van der Waals surface area contributed by atoms with Crippen LogP contribution >= 0.6 is 0 Å². The van der Waals surface area contributed by atoms with Crippen molar-refractivity contribution in [3.05, 3.63) is 66.1 Å². The Morgan fingerprint density at radius 2 is 1.96 bits per heavy atom. The Kier molecular flexibility index (Phi) is 4.29. The number of carboxylic acids is 1. The Morgan fingerprint density at radius 3 is 2.67 bits per heavy atom. The van der Waals surface area contributed by atoms with E-state index in [1.54, 1.807) is 12.4 Å². The third-order valence-corrected chi connectivity index (χ3v) is 3.81. The fourth-order valence-electron chi connectivity index (χ4n) is 2.56. The molecule has 2 aromatic heterocycles. The summed E-state index contributed by atoms with van der Waals surface area (Å²) in [4.78, 5) is 27.7. The summed E-state index contributed by atoms with van der Waals surface area (Å²) in [6.07, 6.45) is 3.46. The maximum Gasteiger partial charge on any atom is 0.325 e. The second kappa shape index (κ2) is 6.54. The maximum atomic E-state index is 12.4. The maximum absolute atomic E-state index is 12.4. The number of carbonyl (C=O) groups excluding carboxylic acids is 1. The number of pyridine rings is 1. The van der Waals surface area contributed by atoms with E-state index < -0.39 is 17.9 Å². The number of amides is 1. The van der Waals surface area contributed by atoms with E-state index in [2.05, 4.69) is 10.3 Å². The topological polar surface area (TPSA) is 84.2 Å². The largest absolute Gasteiger partial charge is 0.480 e. The molecule has 122 valence electrons. The second-order valence-corrected chi connectivity index (χ2v) is 5.54. The Bertz CT molecular complexity index is 887. The van der Waals surface area contributed by atoms with E-state index in [4.69, 9.17) is 5.11 Å². The molecule has 0 aliphatic rings. The van der Waals surface area contributed by atoms with Gasteiger partial charge in [0.05, 0.1) is 17.8 Å². The van der Waals surface area contributed by atoms with E-state index in [0.29, 0.717) is 12.1 Å². The highest BCUT2D eigenvalue weighted by atomic mass is 16.4. The summed E-state index contributed by atoms with van der Waals surface area (Å²) < 4.78 is 1.94. The van der Waals surface area contributed by atoms with Crippen LogP contribution in [0.3, 0.4) is 0 Å². The number of rotatable bonds is 5. The monoisotopic (exact) mass is 323 g/mol. The summed E-state index contributed by atoms with van der Waals surface area (Å²) in [5.74, 6) is -1.47. The average Bonchev–Trinajstić information content (AvgIpc) is 2.94. The number of hydrogen-bond acceptors (Lipinski definition) is 3. The Hall–Kier alpha value is -3.15. The molecule has 2 heterocycles. The van der Waals surface area contributed by atoms with Crippen molar-refractivity contribution in [3.63, 3.8) is 0 Å². The SMILES string of the molecule is CC(NC(=O)c1cn(Cc2ccccn2)c2ccccc12)C(=O)O. The molecule has 1 aromatic carbocycles. The lowest BCUT2D eigenvalue weighted by atomic mass is 10.1. The van der Waals surface area contributed by atoms with Crippen LogP contribution in [0, 0.1) is 0 Å². The Morgan fingerprint density at radius 1 is 1.21 bits per heavy atom. The van der Waals surface area contributed by atoms with E-state index >= 15 is 0 Å². The molecule has 2 N–H and O–H groups in total. The first-order valence-corrected chi connectivity index (χ1v) is 7.57. The quantitative estimate of drug-likeness (QED) is 0.754. The van der Waals surface area contributed by atoms with Crippen LogP contribution in [0.25, 0.3) is 10.9 Å². The number of nitrogens with zero attached hydrogens (tertiary/aromatic N) is 2. The molecule has 24 heavy (non-hydrogen) atoms. The molecule has 3 aromatic rings. The lowest BCUT2D eigenvalue weighted by molar-refractivity contribution is -0.138. The normalized spacial score (nSPS) is 12.0. The molecule has 0 aliphatic carbocycles. The van der Waals surface area contributed by atoms with Gasteiger partial charge in [-0.25, -0.2) is 0 Å². The Labute approximate surface area is 138 Å². The van der Waals surface area contributed by atoms with E-state index in [0.717, 1.165) is 16.6 Å². The van der Waals surface area contributed by atoms with Crippen molar-refractivity contribution < 1.29 is 14.7 Å². The number of aromatic nitrogens is 2. The van der Waals surface area contributed by atoms with Crippen molar-refractivity contribution in [3.8, 4) is 0 Å². The van der Waals surface area contributed by atoms with Gasteiger partial charge in [-0.1, -0.05) is 24.3 Å². The van der Waals surface area contributed by atoms with E-state index in [9.17, 15) is 9.59 Å². The highest BCUT2D eigenvalue weighted by Gasteiger charge is 2.19. The minimum Gasteiger partial charge on any atom is -0.480 e. The molecule has 0 fully saturated rings. The van der Waals surface area contributed by atoms with Gasteiger partial charge in [-0.3, -0.25) is 14.6 Å². The fourth-order valence-corrected chi connectivity index (χ4v) is 2.56. The van der Waals surface area contributed by atoms with Crippen molar-refractivity contribution in [1.29, 1.82) is 0 Å². The van der Waals surface area contributed by atoms with Gasteiger partial charge in [0.25, 0.3) is 5.91 Å². The second-order valence-electron chi connectivity index (χ2n) is 5.54. The smallest absolute Gasteiger partial charge is 0.325 e. The van der Waals surface area contributed by atoms with Gasteiger partial charge in [-0.15, -0.1) is 0 Å². The zero-order valence-electron chi connectivity index (χ0n) is 13.1. The molecule has 0 saturated heterocycles. The molecule has 0 spiro atoms. The molecular weight excluding hydrogens is 306 g/mol. The van der Waals surface area contributed by atoms with Crippen molar-refractivity contribution >= 4 is 22.8 Å². The summed E-state index contributed by atoms with van der Waals surface area (Å²) in [5.41, 5.74) is 2.23. The standard InChI is InChI=1S/C18H17N3O3/c1-12(18(23)24)20-17(22)15-11-21(10-13-6-4-5-9-19-13)16-8-3-2-7-14(15)16/h2-9,11-12H,10H2,1H3,(H,20,22)(H,23,24). The molecule has 3 rings (SSSR count). The first-order chi connectivity index (χ1) is 11.6.